The maximum atomic E-state index is 14.1. The van der Waals surface area contributed by atoms with Crippen molar-refractivity contribution < 1.29 is 42.6 Å². The SMILES string of the molecule is Cn1c(-c2cn(-c3ccc([NH2+][O-])cn3)nc2C(F)(F)F)cnc1C(=O)Nc1ccc(C(=O)NC2C3CN(C(=O)NC4CCN(C(=O)OC(C)(C)C)C4)CC32)c(Cl)c1. The number of amides is 5. The zero-order valence-electron chi connectivity index (χ0n) is 31.1. The van der Waals surface area contributed by atoms with Gasteiger partial charge in [0.1, 0.15) is 11.3 Å². The third kappa shape index (κ3) is 8.37. The average molecular weight is 814 g/mol. The minimum Gasteiger partial charge on any atom is -0.630 e. The van der Waals surface area contributed by atoms with Crippen LogP contribution in [0.15, 0.2) is 48.9 Å². The second kappa shape index (κ2) is 15.0. The lowest BCUT2D eigenvalue weighted by molar-refractivity contribution is -0.497. The molecule has 0 radical (unpaired) electrons. The van der Waals surface area contributed by atoms with Gasteiger partial charge in [-0.15, -0.1) is 0 Å². The molecule has 302 valence electrons. The van der Waals surface area contributed by atoms with E-state index in [0.29, 0.717) is 38.1 Å². The summed E-state index contributed by atoms with van der Waals surface area (Å²) in [4.78, 5) is 63.1. The van der Waals surface area contributed by atoms with E-state index < -0.39 is 35.4 Å². The molecule has 57 heavy (non-hydrogen) atoms. The van der Waals surface area contributed by atoms with Crippen molar-refractivity contribution in [2.45, 2.75) is 51.1 Å². The molecule has 5 amide bonds. The number of piperidine rings is 1. The maximum absolute atomic E-state index is 14.1. The van der Waals surface area contributed by atoms with Crippen LogP contribution in [0.1, 0.15) is 53.9 Å². The van der Waals surface area contributed by atoms with Gasteiger partial charge in [-0.25, -0.2) is 24.2 Å². The van der Waals surface area contributed by atoms with Crippen LogP contribution in [0, 0.1) is 17.0 Å². The first-order chi connectivity index (χ1) is 26.9. The van der Waals surface area contributed by atoms with Gasteiger partial charge >= 0.3 is 18.3 Å². The summed E-state index contributed by atoms with van der Waals surface area (Å²) in [6, 6.07) is 6.46. The van der Waals surface area contributed by atoms with Crippen LogP contribution in [0.2, 0.25) is 5.02 Å². The molecule has 3 aromatic heterocycles. The van der Waals surface area contributed by atoms with E-state index in [9.17, 15) is 37.6 Å². The Balaban J connectivity index is 0.927. The second-order valence-corrected chi connectivity index (χ2v) is 15.6. The minimum atomic E-state index is -4.86. The van der Waals surface area contributed by atoms with Gasteiger partial charge < -0.3 is 45.7 Å². The molecule has 17 nitrogen and oxygen atoms in total. The first-order valence-corrected chi connectivity index (χ1v) is 18.3. The number of anilines is 1. The van der Waals surface area contributed by atoms with Gasteiger partial charge in [0.2, 0.25) is 0 Å². The first kappa shape index (κ1) is 39.5. The lowest BCUT2D eigenvalue weighted by Crippen LogP contribution is -2.70. The van der Waals surface area contributed by atoms with Crippen LogP contribution in [0.4, 0.5) is 34.1 Å². The standard InChI is InChI=1S/C36H39ClF3N11O6/c1-35(2,3)57-34(55)49-10-9-20(14-49)44-33(54)50-15-22-23(16-50)28(22)45-31(52)21-7-5-18(11-25(21)37)43-32(53)30-42-13-26(48(30)4)24-17-51(46-29(24)36(38,39)40)27-8-6-19(47-56)12-41-27/h5-8,11-13,17,20,22-23,28H,9-10,14-16,47H2,1-4H3,(H,43,53)(H,44,54)(H,45,52). The van der Waals surface area contributed by atoms with Crippen molar-refractivity contribution in [1.29, 1.82) is 0 Å². The van der Waals surface area contributed by atoms with Crippen LogP contribution < -0.4 is 21.4 Å². The van der Waals surface area contributed by atoms with Gasteiger partial charge in [0, 0.05) is 75.1 Å². The first-order valence-electron chi connectivity index (χ1n) is 18.0. The van der Waals surface area contributed by atoms with Crippen molar-refractivity contribution in [2.24, 2.45) is 18.9 Å². The molecule has 3 aliphatic rings. The number of ether oxygens (including phenoxy) is 1. The Morgan fingerprint density at radius 2 is 1.70 bits per heavy atom. The Hall–Kier alpha value is -5.73. The van der Waals surface area contributed by atoms with Crippen molar-refractivity contribution in [3.63, 3.8) is 0 Å². The Bertz CT molecular complexity index is 2210. The summed E-state index contributed by atoms with van der Waals surface area (Å²) in [6.45, 7) is 7.18. The highest BCUT2D eigenvalue weighted by molar-refractivity contribution is 6.34. The number of quaternary nitrogens is 1. The number of fused-ring (bicyclic) bond motifs is 1. The highest BCUT2D eigenvalue weighted by Gasteiger charge is 2.57. The number of likely N-dealkylation sites (tertiary alicyclic amines) is 2. The number of nitrogens with one attached hydrogen (secondary N) is 3. The number of nitrogens with zero attached hydrogens (tertiary/aromatic N) is 7. The number of benzene rings is 1. The van der Waals surface area contributed by atoms with Crippen LogP contribution in [-0.2, 0) is 18.0 Å². The number of pyridine rings is 1. The molecule has 5 N–H and O–H groups in total. The summed E-state index contributed by atoms with van der Waals surface area (Å²) in [6.07, 6.45) is -1.22. The molecule has 4 aromatic rings. The number of hydrogen-bond donors (Lipinski definition) is 4. The van der Waals surface area contributed by atoms with E-state index >= 15 is 0 Å². The fourth-order valence-corrected chi connectivity index (χ4v) is 7.36. The van der Waals surface area contributed by atoms with Crippen molar-refractivity contribution >= 4 is 46.9 Å². The predicted molar refractivity (Wildman–Crippen MR) is 197 cm³/mol. The highest BCUT2D eigenvalue weighted by Crippen LogP contribution is 2.46. The fourth-order valence-electron chi connectivity index (χ4n) is 7.10. The molecule has 1 aromatic carbocycles. The summed E-state index contributed by atoms with van der Waals surface area (Å²) in [5.41, 5.74) is -1.09. The third-order valence-electron chi connectivity index (χ3n) is 10.0. The topological polar surface area (TPSA) is 208 Å². The lowest BCUT2D eigenvalue weighted by atomic mass is 10.2. The van der Waals surface area contributed by atoms with Gasteiger partial charge in [-0.2, -0.15) is 18.3 Å². The van der Waals surface area contributed by atoms with Crippen molar-refractivity contribution in [3.05, 3.63) is 76.2 Å². The molecular formula is C36H39ClF3N11O6. The fraction of sp³-hybridized carbons (Fsp3) is 0.417. The summed E-state index contributed by atoms with van der Waals surface area (Å²) in [5, 5.41) is 23.3. The van der Waals surface area contributed by atoms with Crippen LogP contribution in [0.3, 0.4) is 0 Å². The smallest absolute Gasteiger partial charge is 0.435 e. The normalized spacial score (nSPS) is 20.3. The van der Waals surface area contributed by atoms with Gasteiger partial charge in [0.25, 0.3) is 11.8 Å². The van der Waals surface area contributed by atoms with Gasteiger partial charge in [-0.05, 0) is 51.5 Å². The number of imidazole rings is 1. The van der Waals surface area contributed by atoms with Crippen LogP contribution in [0.5, 0.6) is 0 Å². The molecule has 2 aliphatic heterocycles. The Labute approximate surface area is 328 Å². The van der Waals surface area contributed by atoms with Gasteiger partial charge in [0.15, 0.2) is 17.3 Å². The van der Waals surface area contributed by atoms with Crippen molar-refractivity contribution in [3.8, 4) is 17.1 Å². The Morgan fingerprint density at radius 1 is 0.965 bits per heavy atom. The molecule has 5 heterocycles. The molecular weight excluding hydrogens is 775 g/mol. The molecule has 3 atom stereocenters. The molecule has 3 fully saturated rings. The number of carbonyl (C=O) groups is 4. The largest absolute Gasteiger partial charge is 0.630 e. The Morgan fingerprint density at radius 3 is 2.33 bits per heavy atom. The zero-order valence-corrected chi connectivity index (χ0v) is 31.9. The van der Waals surface area contributed by atoms with Crippen LogP contribution in [0.25, 0.3) is 17.1 Å². The molecule has 0 spiro atoms. The van der Waals surface area contributed by atoms with Gasteiger partial charge in [0.05, 0.1) is 34.2 Å². The number of alkyl halides is 3. The van der Waals surface area contributed by atoms with Gasteiger partial charge in [-0.3, -0.25) is 9.59 Å². The molecule has 0 bridgehead atoms. The number of halogens is 4. The van der Waals surface area contributed by atoms with Crippen molar-refractivity contribution in [2.75, 3.05) is 31.5 Å². The van der Waals surface area contributed by atoms with Gasteiger partial charge in [-0.1, -0.05) is 11.6 Å². The molecule has 21 heteroatoms. The monoisotopic (exact) mass is 813 g/mol. The maximum Gasteiger partial charge on any atom is 0.435 e. The average Bonchev–Trinajstić information content (AvgIpc) is 3.75. The van der Waals surface area contributed by atoms with E-state index in [4.69, 9.17) is 16.3 Å². The molecule has 1 aliphatic carbocycles. The summed E-state index contributed by atoms with van der Waals surface area (Å²) < 4.78 is 49.7. The molecule has 2 saturated heterocycles. The van der Waals surface area contributed by atoms with Crippen molar-refractivity contribution in [1.82, 2.24) is 44.7 Å². The number of carbonyl (C=O) groups excluding carboxylic acids is 4. The second-order valence-electron chi connectivity index (χ2n) is 15.2. The number of hydrogen-bond acceptors (Lipinski definition) is 9. The quantitative estimate of drug-likeness (QED) is 0.191. The number of urea groups is 1. The Kier molecular flexibility index (Phi) is 10.4. The van der Waals surface area contributed by atoms with E-state index in [2.05, 4.69) is 31.0 Å². The zero-order chi connectivity index (χ0) is 41.0. The van der Waals surface area contributed by atoms with Crippen LogP contribution in [-0.4, -0.2) is 102 Å². The third-order valence-corrected chi connectivity index (χ3v) is 10.3. The van der Waals surface area contributed by atoms with E-state index in [1.54, 1.807) is 30.6 Å². The van der Waals surface area contributed by atoms with E-state index in [1.165, 1.54) is 48.1 Å². The van der Waals surface area contributed by atoms with Crippen LogP contribution >= 0.6 is 11.6 Å². The summed E-state index contributed by atoms with van der Waals surface area (Å²) >= 11 is 6.47. The number of aromatic nitrogens is 5. The molecule has 7 rings (SSSR count). The summed E-state index contributed by atoms with van der Waals surface area (Å²) in [7, 11) is 1.38. The van der Waals surface area contributed by atoms with E-state index in [1.807, 2.05) is 0 Å². The van der Waals surface area contributed by atoms with E-state index in [0.717, 1.165) is 17.1 Å². The highest BCUT2D eigenvalue weighted by atomic mass is 35.5. The molecule has 3 unspecified atom stereocenters. The summed E-state index contributed by atoms with van der Waals surface area (Å²) in [5.74, 6) is -1.20. The number of rotatable bonds is 8. The predicted octanol–water partition coefficient (Wildman–Crippen LogP) is 3.66. The van der Waals surface area contributed by atoms with E-state index in [-0.39, 0.29) is 74.8 Å². The minimum absolute atomic E-state index is 0.0359. The number of nitrogens with two attached hydrogens (primary N) is 1. The molecule has 1 saturated carbocycles. The lowest BCUT2D eigenvalue weighted by Gasteiger charge is -2.25.